The van der Waals surface area contributed by atoms with E-state index in [0.29, 0.717) is 13.1 Å². The topological polar surface area (TPSA) is 102 Å². The lowest BCUT2D eigenvalue weighted by atomic mass is 9.81. The first-order chi connectivity index (χ1) is 12.1. The minimum Gasteiger partial charge on any atom is -0.444 e. The van der Waals surface area contributed by atoms with Crippen molar-refractivity contribution in [1.29, 1.82) is 0 Å². The van der Waals surface area contributed by atoms with E-state index in [-0.39, 0.29) is 47.1 Å². The van der Waals surface area contributed by atoms with Crippen molar-refractivity contribution in [3.05, 3.63) is 12.2 Å². The molecule has 2 saturated carbocycles. The Hall–Kier alpha value is -2.05. The van der Waals surface area contributed by atoms with Crippen LogP contribution in [0, 0.1) is 29.1 Å². The van der Waals surface area contributed by atoms with E-state index < -0.39 is 11.5 Å². The van der Waals surface area contributed by atoms with Crippen molar-refractivity contribution in [1.82, 2.24) is 10.2 Å². The standard InChI is InChI=1S/C19H27N3O4/c1-18(2,3)26-17(25)22-8-10(9-22)21-16(24)14-12-5-4-11(13(14)15(20)23)19(12)6-7-19/h4-5,10-14H,6-9H2,1-3H3,(H2,20,23)(H,21,24)/t11-,12+,13?,14?/m0/s1. The maximum absolute atomic E-state index is 12.9. The van der Waals surface area contributed by atoms with E-state index in [4.69, 9.17) is 10.5 Å². The fraction of sp³-hybridized carbons (Fsp3) is 0.737. The zero-order valence-corrected chi connectivity index (χ0v) is 15.5. The van der Waals surface area contributed by atoms with Crippen LogP contribution in [-0.2, 0) is 14.3 Å². The monoisotopic (exact) mass is 361 g/mol. The van der Waals surface area contributed by atoms with Crippen LogP contribution in [0.3, 0.4) is 0 Å². The number of carbonyl (C=O) groups excluding carboxylic acids is 3. The molecule has 4 rings (SSSR count). The normalized spacial score (nSPS) is 33.9. The summed E-state index contributed by atoms with van der Waals surface area (Å²) in [4.78, 5) is 38.5. The number of ether oxygens (including phenoxy) is 1. The largest absolute Gasteiger partial charge is 0.444 e. The van der Waals surface area contributed by atoms with Crippen molar-refractivity contribution in [2.24, 2.45) is 34.8 Å². The molecule has 0 aromatic rings. The highest BCUT2D eigenvalue weighted by atomic mass is 16.6. The number of rotatable bonds is 3. The van der Waals surface area contributed by atoms with Crippen molar-refractivity contribution in [2.45, 2.75) is 45.3 Å². The van der Waals surface area contributed by atoms with E-state index in [1.165, 1.54) is 0 Å². The molecule has 3 fully saturated rings. The van der Waals surface area contributed by atoms with E-state index >= 15 is 0 Å². The molecule has 0 aromatic heterocycles. The molecule has 1 aliphatic heterocycles. The first kappa shape index (κ1) is 17.4. The number of primary amides is 1. The first-order valence-electron chi connectivity index (χ1n) is 9.38. The zero-order chi connectivity index (χ0) is 18.9. The number of hydrogen-bond donors (Lipinski definition) is 2. The number of allylic oxidation sites excluding steroid dienone is 2. The molecular formula is C19H27N3O4. The summed E-state index contributed by atoms with van der Waals surface area (Å²) in [5.41, 5.74) is 5.20. The Bertz CT molecular complexity index is 685. The quantitative estimate of drug-likeness (QED) is 0.733. The van der Waals surface area contributed by atoms with Gasteiger partial charge >= 0.3 is 6.09 Å². The molecule has 3 aliphatic carbocycles. The molecule has 4 aliphatic rings. The van der Waals surface area contributed by atoms with Crippen molar-refractivity contribution in [2.75, 3.05) is 13.1 Å². The maximum atomic E-state index is 12.9. The second-order valence-electron chi connectivity index (χ2n) is 9.21. The predicted octanol–water partition coefficient (Wildman–Crippen LogP) is 1.04. The molecule has 4 atom stereocenters. The lowest BCUT2D eigenvalue weighted by molar-refractivity contribution is -0.135. The highest BCUT2D eigenvalue weighted by Crippen LogP contribution is 2.71. The molecule has 7 heteroatoms. The molecule has 0 aromatic carbocycles. The molecule has 3 amide bonds. The lowest BCUT2D eigenvalue weighted by Crippen LogP contribution is -2.62. The Kier molecular flexibility index (Phi) is 3.66. The van der Waals surface area contributed by atoms with Gasteiger partial charge in [-0.1, -0.05) is 12.2 Å². The molecule has 1 spiro atoms. The summed E-state index contributed by atoms with van der Waals surface area (Å²) in [7, 11) is 0. The third kappa shape index (κ3) is 2.59. The summed E-state index contributed by atoms with van der Waals surface area (Å²) < 4.78 is 5.32. The van der Waals surface area contributed by atoms with Crippen LogP contribution in [0.4, 0.5) is 4.79 Å². The highest BCUT2D eigenvalue weighted by molar-refractivity contribution is 5.90. The van der Waals surface area contributed by atoms with Gasteiger partial charge in [-0.2, -0.15) is 0 Å². The van der Waals surface area contributed by atoms with Crippen LogP contribution >= 0.6 is 0 Å². The van der Waals surface area contributed by atoms with Gasteiger partial charge < -0.3 is 20.7 Å². The van der Waals surface area contributed by atoms with Crippen molar-refractivity contribution in [3.63, 3.8) is 0 Å². The minimum atomic E-state index is -0.534. The third-order valence-electron chi connectivity index (χ3n) is 6.35. The third-order valence-corrected chi connectivity index (χ3v) is 6.35. The highest BCUT2D eigenvalue weighted by Gasteiger charge is 2.69. The Balaban J connectivity index is 1.36. The van der Waals surface area contributed by atoms with Gasteiger partial charge in [0.2, 0.25) is 11.8 Å². The summed E-state index contributed by atoms with van der Waals surface area (Å²) in [6, 6.07) is -0.0956. The number of nitrogens with zero attached hydrogens (tertiary/aromatic N) is 1. The number of nitrogens with two attached hydrogens (primary N) is 1. The van der Waals surface area contributed by atoms with Gasteiger partial charge in [0.1, 0.15) is 5.60 Å². The SMILES string of the molecule is CC(C)(C)OC(=O)N1CC(NC(=O)C2C(C(N)=O)[C@@H]3C=C[C@H]2C32CC2)C1. The Morgan fingerprint density at radius 3 is 2.19 bits per heavy atom. The van der Waals surface area contributed by atoms with Gasteiger partial charge in [0.25, 0.3) is 0 Å². The molecule has 1 heterocycles. The summed E-state index contributed by atoms with van der Waals surface area (Å²) >= 11 is 0. The van der Waals surface area contributed by atoms with E-state index in [9.17, 15) is 14.4 Å². The summed E-state index contributed by atoms with van der Waals surface area (Å²) in [5, 5.41) is 3.01. The number of likely N-dealkylation sites (tertiary alicyclic amines) is 1. The molecular weight excluding hydrogens is 334 g/mol. The number of hydrogen-bond acceptors (Lipinski definition) is 4. The Morgan fingerprint density at radius 2 is 1.69 bits per heavy atom. The zero-order valence-electron chi connectivity index (χ0n) is 15.5. The van der Waals surface area contributed by atoms with Crippen LogP contribution in [0.5, 0.6) is 0 Å². The van der Waals surface area contributed by atoms with Crippen LogP contribution in [-0.4, -0.2) is 47.5 Å². The second kappa shape index (κ2) is 5.47. The predicted molar refractivity (Wildman–Crippen MR) is 93.7 cm³/mol. The van der Waals surface area contributed by atoms with Gasteiger partial charge in [-0.25, -0.2) is 4.79 Å². The average molecular weight is 361 g/mol. The summed E-state index contributed by atoms with van der Waals surface area (Å²) in [6.45, 7) is 6.34. The van der Waals surface area contributed by atoms with Crippen LogP contribution < -0.4 is 11.1 Å². The molecule has 1 saturated heterocycles. The van der Waals surface area contributed by atoms with Gasteiger partial charge in [-0.15, -0.1) is 0 Å². The number of amides is 3. The van der Waals surface area contributed by atoms with Gasteiger partial charge in [-0.3, -0.25) is 9.59 Å². The summed E-state index contributed by atoms with van der Waals surface area (Å²) in [5.74, 6) is -1.04. The fourth-order valence-electron chi connectivity index (χ4n) is 5.08. The maximum Gasteiger partial charge on any atom is 0.410 e. The lowest BCUT2D eigenvalue weighted by Gasteiger charge is -2.40. The molecule has 7 nitrogen and oxygen atoms in total. The van der Waals surface area contributed by atoms with Gasteiger partial charge in [0.05, 0.1) is 17.9 Å². The molecule has 2 bridgehead atoms. The van der Waals surface area contributed by atoms with Gasteiger partial charge in [0.15, 0.2) is 0 Å². The van der Waals surface area contributed by atoms with E-state index in [2.05, 4.69) is 17.5 Å². The smallest absolute Gasteiger partial charge is 0.410 e. The second-order valence-corrected chi connectivity index (χ2v) is 9.21. The van der Waals surface area contributed by atoms with E-state index in [0.717, 1.165) is 12.8 Å². The van der Waals surface area contributed by atoms with E-state index in [1.54, 1.807) is 4.90 Å². The average Bonchev–Trinajstić information content (AvgIpc) is 3.13. The van der Waals surface area contributed by atoms with Crippen LogP contribution in [0.25, 0.3) is 0 Å². The van der Waals surface area contributed by atoms with Crippen LogP contribution in [0.1, 0.15) is 33.6 Å². The number of carbonyl (C=O) groups is 3. The number of nitrogens with one attached hydrogen (secondary N) is 1. The van der Waals surface area contributed by atoms with Gasteiger partial charge in [0, 0.05) is 13.1 Å². The van der Waals surface area contributed by atoms with Crippen LogP contribution in [0.15, 0.2) is 12.2 Å². The van der Waals surface area contributed by atoms with E-state index in [1.807, 2.05) is 20.8 Å². The molecule has 0 radical (unpaired) electrons. The minimum absolute atomic E-state index is 0.0956. The molecule has 142 valence electrons. The Morgan fingerprint density at radius 1 is 1.12 bits per heavy atom. The van der Waals surface area contributed by atoms with Crippen molar-refractivity contribution < 1.29 is 19.1 Å². The van der Waals surface area contributed by atoms with Crippen LogP contribution in [0.2, 0.25) is 0 Å². The fourth-order valence-corrected chi connectivity index (χ4v) is 5.08. The Labute approximate surface area is 153 Å². The molecule has 2 unspecified atom stereocenters. The van der Waals surface area contributed by atoms with Crippen molar-refractivity contribution in [3.8, 4) is 0 Å². The first-order valence-corrected chi connectivity index (χ1v) is 9.38. The van der Waals surface area contributed by atoms with Gasteiger partial charge in [-0.05, 0) is 50.9 Å². The summed E-state index contributed by atoms with van der Waals surface area (Å²) in [6.07, 6.45) is 5.97. The molecule has 3 N–H and O–H groups in total. The van der Waals surface area contributed by atoms with Crippen molar-refractivity contribution >= 4 is 17.9 Å². The molecule has 26 heavy (non-hydrogen) atoms.